The van der Waals surface area contributed by atoms with Crippen molar-refractivity contribution < 1.29 is 22.8 Å². The van der Waals surface area contributed by atoms with E-state index in [0.717, 1.165) is 42.9 Å². The van der Waals surface area contributed by atoms with Gasteiger partial charge in [-0.25, -0.2) is 9.78 Å². The zero-order valence-corrected chi connectivity index (χ0v) is 21.2. The van der Waals surface area contributed by atoms with Gasteiger partial charge in [-0.05, 0) is 70.2 Å². The van der Waals surface area contributed by atoms with Crippen LogP contribution in [0, 0.1) is 0 Å². The summed E-state index contributed by atoms with van der Waals surface area (Å²) in [6, 6.07) is 10.2. The van der Waals surface area contributed by atoms with E-state index >= 15 is 0 Å². The molecular formula is C26H32F3N7O2. The number of anilines is 1. The SMILES string of the molecule is CN1CCC(NCCCON=Cc2ccn3c(-c4cccc(NC(=O)NCC(F)(F)F)c4)cnc3c2)CC1. The molecule has 0 bridgehead atoms. The highest BCUT2D eigenvalue weighted by atomic mass is 19.4. The molecule has 0 radical (unpaired) electrons. The summed E-state index contributed by atoms with van der Waals surface area (Å²) in [6.45, 7) is 2.30. The minimum absolute atomic E-state index is 0.361. The Hall–Kier alpha value is -3.64. The number of benzene rings is 1. The maximum atomic E-state index is 12.3. The van der Waals surface area contributed by atoms with Crippen molar-refractivity contribution in [3.8, 4) is 11.3 Å². The Bertz CT molecular complexity index is 1240. The van der Waals surface area contributed by atoms with Crippen LogP contribution in [0.4, 0.5) is 23.7 Å². The Kier molecular flexibility index (Phi) is 9.19. The molecule has 0 spiro atoms. The van der Waals surface area contributed by atoms with Crippen molar-refractivity contribution in [3.05, 3.63) is 54.4 Å². The lowest BCUT2D eigenvalue weighted by atomic mass is 10.1. The molecule has 1 fully saturated rings. The first-order valence-electron chi connectivity index (χ1n) is 12.5. The van der Waals surface area contributed by atoms with Crippen molar-refractivity contribution in [1.82, 2.24) is 24.9 Å². The number of carbonyl (C=O) groups is 1. The third-order valence-corrected chi connectivity index (χ3v) is 6.24. The first-order chi connectivity index (χ1) is 18.3. The summed E-state index contributed by atoms with van der Waals surface area (Å²) < 4.78 is 38.8. The normalized spacial score (nSPS) is 15.3. The van der Waals surface area contributed by atoms with E-state index in [1.807, 2.05) is 28.8 Å². The molecule has 1 saturated heterocycles. The number of fused-ring (bicyclic) bond motifs is 1. The molecule has 204 valence electrons. The van der Waals surface area contributed by atoms with E-state index in [1.165, 1.54) is 12.8 Å². The van der Waals surface area contributed by atoms with E-state index < -0.39 is 18.8 Å². The Morgan fingerprint density at radius 2 is 2.05 bits per heavy atom. The number of amides is 2. The predicted molar refractivity (Wildman–Crippen MR) is 140 cm³/mol. The van der Waals surface area contributed by atoms with Crippen molar-refractivity contribution in [2.45, 2.75) is 31.5 Å². The molecule has 0 saturated carbocycles. The fraction of sp³-hybridized carbons (Fsp3) is 0.423. The van der Waals surface area contributed by atoms with Crippen LogP contribution in [0.5, 0.6) is 0 Å². The number of alkyl halides is 3. The second-order valence-corrected chi connectivity index (χ2v) is 9.29. The molecule has 2 aromatic heterocycles. The molecule has 4 rings (SSSR count). The number of rotatable bonds is 10. The second-order valence-electron chi connectivity index (χ2n) is 9.29. The molecule has 1 aliphatic rings. The average molecular weight is 532 g/mol. The number of carbonyl (C=O) groups excluding carboxylic acids is 1. The number of aromatic nitrogens is 2. The highest BCUT2D eigenvalue weighted by Gasteiger charge is 2.27. The van der Waals surface area contributed by atoms with Crippen molar-refractivity contribution >= 4 is 23.6 Å². The van der Waals surface area contributed by atoms with Gasteiger partial charge in [0.2, 0.25) is 0 Å². The molecule has 3 N–H and O–H groups in total. The average Bonchev–Trinajstić information content (AvgIpc) is 3.31. The molecule has 0 aliphatic carbocycles. The lowest BCUT2D eigenvalue weighted by Gasteiger charge is -2.29. The largest absolute Gasteiger partial charge is 0.405 e. The summed E-state index contributed by atoms with van der Waals surface area (Å²) >= 11 is 0. The quantitative estimate of drug-likeness (QED) is 0.208. The summed E-state index contributed by atoms with van der Waals surface area (Å²) in [5.41, 5.74) is 3.38. The van der Waals surface area contributed by atoms with E-state index in [9.17, 15) is 18.0 Å². The van der Waals surface area contributed by atoms with Crippen LogP contribution in [0.1, 0.15) is 24.8 Å². The second kappa shape index (κ2) is 12.7. The first-order valence-corrected chi connectivity index (χ1v) is 12.5. The van der Waals surface area contributed by atoms with Crippen molar-refractivity contribution in [2.75, 3.05) is 45.2 Å². The van der Waals surface area contributed by atoms with Gasteiger partial charge in [-0.3, -0.25) is 4.40 Å². The first kappa shape index (κ1) is 27.4. The number of hydrogen-bond donors (Lipinski definition) is 3. The summed E-state index contributed by atoms with van der Waals surface area (Å²) in [5, 5.41) is 11.8. The Balaban J connectivity index is 1.27. The number of nitrogens with zero attached hydrogens (tertiary/aromatic N) is 4. The number of imidazole rings is 1. The van der Waals surface area contributed by atoms with Crippen molar-refractivity contribution in [1.29, 1.82) is 0 Å². The van der Waals surface area contributed by atoms with Crippen LogP contribution in [0.2, 0.25) is 0 Å². The van der Waals surface area contributed by atoms with Gasteiger partial charge in [-0.15, -0.1) is 0 Å². The van der Waals surface area contributed by atoms with Gasteiger partial charge in [0, 0.05) is 29.1 Å². The molecule has 2 amide bonds. The molecule has 3 aromatic rings. The Labute approximate surface area is 219 Å². The fourth-order valence-corrected chi connectivity index (χ4v) is 4.21. The maximum Gasteiger partial charge on any atom is 0.405 e. The molecule has 9 nitrogen and oxygen atoms in total. The summed E-state index contributed by atoms with van der Waals surface area (Å²) in [4.78, 5) is 24.0. The number of piperidine rings is 1. The zero-order chi connectivity index (χ0) is 27.0. The van der Waals surface area contributed by atoms with Gasteiger partial charge in [0.1, 0.15) is 18.8 Å². The minimum Gasteiger partial charge on any atom is -0.396 e. The van der Waals surface area contributed by atoms with E-state index in [-0.39, 0.29) is 0 Å². The van der Waals surface area contributed by atoms with Crippen LogP contribution < -0.4 is 16.0 Å². The van der Waals surface area contributed by atoms with Crippen LogP contribution in [-0.2, 0) is 4.84 Å². The standard InChI is InChI=1S/C26H32F3N7O2/c1-35-10-7-21(8-11-35)30-9-3-13-38-33-16-19-6-12-36-23(17-31-24(36)14-19)20-4-2-5-22(15-20)34-25(37)32-18-26(27,28)29/h2,4-6,12,14-17,21,30H,3,7-11,13,18H2,1H3,(H2,32,34,37). The van der Waals surface area contributed by atoms with E-state index in [2.05, 4.69) is 32.7 Å². The fourth-order valence-electron chi connectivity index (χ4n) is 4.21. The summed E-state index contributed by atoms with van der Waals surface area (Å²) in [6.07, 6.45) is 3.94. The van der Waals surface area contributed by atoms with E-state index in [1.54, 1.807) is 35.9 Å². The zero-order valence-electron chi connectivity index (χ0n) is 21.2. The van der Waals surface area contributed by atoms with Crippen molar-refractivity contribution in [3.63, 3.8) is 0 Å². The number of nitrogens with one attached hydrogen (secondary N) is 3. The third kappa shape index (κ3) is 8.18. The molecule has 1 aliphatic heterocycles. The van der Waals surface area contributed by atoms with Crippen LogP contribution >= 0.6 is 0 Å². The lowest BCUT2D eigenvalue weighted by molar-refractivity contribution is -0.122. The molecule has 12 heteroatoms. The Morgan fingerprint density at radius 3 is 2.84 bits per heavy atom. The minimum atomic E-state index is -4.48. The van der Waals surface area contributed by atoms with Crippen LogP contribution in [0.15, 0.2) is 53.9 Å². The molecule has 3 heterocycles. The van der Waals surface area contributed by atoms with Gasteiger partial charge >= 0.3 is 12.2 Å². The van der Waals surface area contributed by atoms with E-state index in [0.29, 0.717) is 24.0 Å². The number of likely N-dealkylation sites (tertiary alicyclic amines) is 1. The highest BCUT2D eigenvalue weighted by molar-refractivity contribution is 5.90. The number of oxime groups is 1. The third-order valence-electron chi connectivity index (χ3n) is 6.24. The summed E-state index contributed by atoms with van der Waals surface area (Å²) in [5.74, 6) is 0. The maximum absolute atomic E-state index is 12.3. The van der Waals surface area contributed by atoms with Crippen LogP contribution in [0.3, 0.4) is 0 Å². The van der Waals surface area contributed by atoms with Gasteiger partial charge < -0.3 is 25.7 Å². The highest BCUT2D eigenvalue weighted by Crippen LogP contribution is 2.24. The monoisotopic (exact) mass is 531 g/mol. The molecular weight excluding hydrogens is 499 g/mol. The van der Waals surface area contributed by atoms with Gasteiger partial charge in [0.05, 0.1) is 18.1 Å². The smallest absolute Gasteiger partial charge is 0.396 e. The van der Waals surface area contributed by atoms with Gasteiger partial charge in [-0.2, -0.15) is 13.2 Å². The number of hydrogen-bond acceptors (Lipinski definition) is 6. The summed E-state index contributed by atoms with van der Waals surface area (Å²) in [7, 11) is 2.15. The van der Waals surface area contributed by atoms with E-state index in [4.69, 9.17) is 4.84 Å². The van der Waals surface area contributed by atoms with Crippen LogP contribution in [-0.4, -0.2) is 78.6 Å². The predicted octanol–water partition coefficient (Wildman–Crippen LogP) is 4.11. The van der Waals surface area contributed by atoms with Crippen molar-refractivity contribution in [2.24, 2.45) is 5.16 Å². The van der Waals surface area contributed by atoms with Gasteiger partial charge in [0.25, 0.3) is 0 Å². The molecule has 0 atom stereocenters. The molecule has 1 aromatic carbocycles. The topological polar surface area (TPSA) is 95.3 Å². The number of pyridine rings is 1. The number of halogens is 3. The Morgan fingerprint density at radius 1 is 1.24 bits per heavy atom. The lowest BCUT2D eigenvalue weighted by Crippen LogP contribution is -2.41. The molecule has 38 heavy (non-hydrogen) atoms. The number of urea groups is 1. The molecule has 0 unspecified atom stereocenters. The van der Waals surface area contributed by atoms with Gasteiger partial charge in [0.15, 0.2) is 0 Å². The van der Waals surface area contributed by atoms with Gasteiger partial charge in [-0.1, -0.05) is 17.3 Å². The van der Waals surface area contributed by atoms with Crippen LogP contribution in [0.25, 0.3) is 16.9 Å².